The molecule has 84 valence electrons. The van der Waals surface area contributed by atoms with Crippen molar-refractivity contribution in [1.82, 2.24) is 4.98 Å². The highest BCUT2D eigenvalue weighted by Gasteiger charge is 1.97. The zero-order valence-electron chi connectivity index (χ0n) is 9.37. The maximum atomic E-state index is 5.83. The van der Waals surface area contributed by atoms with E-state index in [0.29, 0.717) is 11.6 Å². The molecule has 0 aliphatic rings. The summed E-state index contributed by atoms with van der Waals surface area (Å²) in [6.07, 6.45) is 4.02. The smallest absolute Gasteiger partial charge is 0.0888 e. The minimum atomic E-state index is 0.554. The first-order chi connectivity index (χ1) is 7.18. The number of nitrogens with zero attached hydrogens (tertiary/aromatic N) is 1. The van der Waals surface area contributed by atoms with Crippen molar-refractivity contribution in [1.29, 1.82) is 0 Å². The Morgan fingerprint density at radius 1 is 1.47 bits per heavy atom. The first-order valence-electron chi connectivity index (χ1n) is 5.36. The number of pyridine rings is 1. The van der Waals surface area contributed by atoms with Gasteiger partial charge in [-0.3, -0.25) is 4.98 Å². The lowest BCUT2D eigenvalue weighted by Crippen LogP contribution is -1.99. The van der Waals surface area contributed by atoms with E-state index in [0.717, 1.165) is 24.6 Å². The van der Waals surface area contributed by atoms with E-state index in [9.17, 15) is 0 Å². The normalized spacial score (nSPS) is 10.9. The topological polar surface area (TPSA) is 22.1 Å². The number of aromatic nitrogens is 1. The molecule has 3 heteroatoms. The Balaban J connectivity index is 2.15. The second-order valence-electron chi connectivity index (χ2n) is 4.05. The largest absolute Gasteiger partial charge is 0.375 e. The van der Waals surface area contributed by atoms with Crippen LogP contribution in [0.3, 0.4) is 0 Å². The fourth-order valence-electron chi connectivity index (χ4n) is 1.30. The van der Waals surface area contributed by atoms with Gasteiger partial charge in [0.2, 0.25) is 0 Å². The van der Waals surface area contributed by atoms with Crippen molar-refractivity contribution in [2.75, 3.05) is 6.61 Å². The van der Waals surface area contributed by atoms with E-state index >= 15 is 0 Å². The summed E-state index contributed by atoms with van der Waals surface area (Å²) in [4.78, 5) is 4.16. The highest BCUT2D eigenvalue weighted by atomic mass is 35.5. The quantitative estimate of drug-likeness (QED) is 0.692. The molecule has 1 aromatic rings. The van der Waals surface area contributed by atoms with Gasteiger partial charge in [0.25, 0.3) is 0 Å². The number of halogens is 1. The van der Waals surface area contributed by atoms with Gasteiger partial charge in [-0.1, -0.05) is 25.4 Å². The van der Waals surface area contributed by atoms with Gasteiger partial charge in [0.05, 0.1) is 12.3 Å². The van der Waals surface area contributed by atoms with Gasteiger partial charge in [0.15, 0.2) is 0 Å². The second kappa shape index (κ2) is 6.81. The van der Waals surface area contributed by atoms with Crippen molar-refractivity contribution < 1.29 is 4.74 Å². The van der Waals surface area contributed by atoms with Gasteiger partial charge in [0.1, 0.15) is 0 Å². The van der Waals surface area contributed by atoms with Crippen molar-refractivity contribution in [3.05, 3.63) is 29.0 Å². The Morgan fingerprint density at radius 2 is 2.27 bits per heavy atom. The zero-order valence-corrected chi connectivity index (χ0v) is 10.1. The molecule has 0 amide bonds. The average Bonchev–Trinajstić information content (AvgIpc) is 2.17. The van der Waals surface area contributed by atoms with E-state index in [1.54, 1.807) is 12.3 Å². The molecule has 0 saturated heterocycles. The fourth-order valence-corrected chi connectivity index (χ4v) is 1.48. The molecule has 0 unspecified atom stereocenters. The van der Waals surface area contributed by atoms with Crippen LogP contribution in [0.2, 0.25) is 5.02 Å². The van der Waals surface area contributed by atoms with Crippen LogP contribution in [0.1, 0.15) is 32.4 Å². The Morgan fingerprint density at radius 3 is 2.93 bits per heavy atom. The third kappa shape index (κ3) is 5.75. The summed E-state index contributed by atoms with van der Waals surface area (Å²) in [5.74, 6) is 0.748. The van der Waals surface area contributed by atoms with Gasteiger partial charge >= 0.3 is 0 Å². The van der Waals surface area contributed by atoms with E-state index in [2.05, 4.69) is 18.8 Å². The van der Waals surface area contributed by atoms with E-state index in [1.165, 1.54) is 6.42 Å². The van der Waals surface area contributed by atoms with Crippen LogP contribution in [-0.2, 0) is 11.3 Å². The second-order valence-corrected chi connectivity index (χ2v) is 4.49. The average molecular weight is 228 g/mol. The molecule has 0 bridgehead atoms. The van der Waals surface area contributed by atoms with E-state index in [-0.39, 0.29) is 0 Å². The first-order valence-corrected chi connectivity index (χ1v) is 5.74. The summed E-state index contributed by atoms with van der Waals surface area (Å²) < 4.78 is 5.50. The lowest BCUT2D eigenvalue weighted by molar-refractivity contribution is 0.112. The Kier molecular flexibility index (Phi) is 5.66. The maximum absolute atomic E-state index is 5.83. The molecule has 1 heterocycles. The number of rotatable bonds is 6. The summed E-state index contributed by atoms with van der Waals surface area (Å²) in [5, 5.41) is 0.714. The van der Waals surface area contributed by atoms with Crippen molar-refractivity contribution in [3.8, 4) is 0 Å². The molecule has 0 aliphatic heterocycles. The lowest BCUT2D eigenvalue weighted by atomic mass is 10.1. The van der Waals surface area contributed by atoms with Crippen molar-refractivity contribution >= 4 is 11.6 Å². The van der Waals surface area contributed by atoms with Crippen molar-refractivity contribution in [2.45, 2.75) is 33.3 Å². The summed E-state index contributed by atoms with van der Waals surface area (Å²) in [6, 6.07) is 3.60. The summed E-state index contributed by atoms with van der Waals surface area (Å²) in [6.45, 7) is 5.79. The minimum absolute atomic E-state index is 0.554. The molecule has 1 rings (SSSR count). The Labute approximate surface area is 96.6 Å². The minimum Gasteiger partial charge on any atom is -0.375 e. The number of hydrogen-bond acceptors (Lipinski definition) is 2. The van der Waals surface area contributed by atoms with Crippen LogP contribution in [0.5, 0.6) is 0 Å². The number of hydrogen-bond donors (Lipinski definition) is 0. The predicted octanol–water partition coefficient (Wildman–Crippen LogP) is 3.69. The van der Waals surface area contributed by atoms with Gasteiger partial charge < -0.3 is 4.74 Å². The highest BCUT2D eigenvalue weighted by Crippen LogP contribution is 2.09. The van der Waals surface area contributed by atoms with Crippen LogP contribution in [0.15, 0.2) is 18.3 Å². The molecule has 0 aromatic carbocycles. The highest BCUT2D eigenvalue weighted by molar-refractivity contribution is 6.30. The van der Waals surface area contributed by atoms with E-state index < -0.39 is 0 Å². The molecule has 0 saturated carbocycles. The van der Waals surface area contributed by atoms with Crippen LogP contribution in [0, 0.1) is 5.92 Å². The SMILES string of the molecule is CC(C)CCCOCc1cc(Cl)ccn1. The summed E-state index contributed by atoms with van der Waals surface area (Å²) in [7, 11) is 0. The predicted molar refractivity (Wildman–Crippen MR) is 63.0 cm³/mol. The molecular formula is C12H18ClNO. The molecule has 0 fully saturated rings. The lowest BCUT2D eigenvalue weighted by Gasteiger charge is -2.05. The standard InChI is InChI=1S/C12H18ClNO/c1-10(2)4-3-7-15-9-12-8-11(13)5-6-14-12/h5-6,8,10H,3-4,7,9H2,1-2H3. The Hall–Kier alpha value is -0.600. The van der Waals surface area contributed by atoms with Gasteiger partial charge in [-0.05, 0) is 30.9 Å². The van der Waals surface area contributed by atoms with Gasteiger partial charge in [-0.2, -0.15) is 0 Å². The third-order valence-electron chi connectivity index (χ3n) is 2.10. The van der Waals surface area contributed by atoms with E-state index in [4.69, 9.17) is 16.3 Å². The molecule has 0 aliphatic carbocycles. The van der Waals surface area contributed by atoms with Gasteiger partial charge in [-0.15, -0.1) is 0 Å². The van der Waals surface area contributed by atoms with E-state index in [1.807, 2.05) is 6.07 Å². The monoisotopic (exact) mass is 227 g/mol. The molecule has 0 radical (unpaired) electrons. The Bertz CT molecular complexity index is 289. The van der Waals surface area contributed by atoms with Crippen LogP contribution in [0.25, 0.3) is 0 Å². The number of ether oxygens (including phenoxy) is 1. The van der Waals surface area contributed by atoms with Crippen LogP contribution in [0.4, 0.5) is 0 Å². The summed E-state index contributed by atoms with van der Waals surface area (Å²) >= 11 is 5.83. The molecule has 0 spiro atoms. The van der Waals surface area contributed by atoms with Gasteiger partial charge in [-0.25, -0.2) is 0 Å². The summed E-state index contributed by atoms with van der Waals surface area (Å²) in [5.41, 5.74) is 0.895. The van der Waals surface area contributed by atoms with Gasteiger partial charge in [0, 0.05) is 17.8 Å². The zero-order chi connectivity index (χ0) is 11.1. The molecular weight excluding hydrogens is 210 g/mol. The van der Waals surface area contributed by atoms with Crippen molar-refractivity contribution in [2.24, 2.45) is 5.92 Å². The molecule has 0 atom stereocenters. The van der Waals surface area contributed by atoms with Crippen molar-refractivity contribution in [3.63, 3.8) is 0 Å². The molecule has 0 N–H and O–H groups in total. The molecule has 15 heavy (non-hydrogen) atoms. The van der Waals surface area contributed by atoms with Crippen LogP contribution in [-0.4, -0.2) is 11.6 Å². The molecule has 1 aromatic heterocycles. The van der Waals surface area contributed by atoms with Crippen LogP contribution < -0.4 is 0 Å². The molecule has 2 nitrogen and oxygen atoms in total. The first kappa shape index (κ1) is 12.5. The fraction of sp³-hybridized carbons (Fsp3) is 0.583. The van der Waals surface area contributed by atoms with Crippen LogP contribution >= 0.6 is 11.6 Å². The maximum Gasteiger partial charge on any atom is 0.0888 e. The third-order valence-corrected chi connectivity index (χ3v) is 2.33.